The summed E-state index contributed by atoms with van der Waals surface area (Å²) in [6, 6.07) is 16.6. The van der Waals surface area contributed by atoms with E-state index in [0.717, 1.165) is 4.31 Å². The first-order valence-corrected chi connectivity index (χ1v) is 14.9. The number of rotatable bonds is 9. The summed E-state index contributed by atoms with van der Waals surface area (Å²) in [6.07, 6.45) is 0. The predicted molar refractivity (Wildman–Crippen MR) is 149 cm³/mol. The number of nitrogens with one attached hydrogen (secondary N) is 2. The lowest BCUT2D eigenvalue weighted by Crippen LogP contribution is -2.37. The van der Waals surface area contributed by atoms with Gasteiger partial charge in [0.1, 0.15) is 10.6 Å². The van der Waals surface area contributed by atoms with Crippen LogP contribution < -0.4 is 19.7 Å². The Kier molecular flexibility index (Phi) is 8.45. The van der Waals surface area contributed by atoms with E-state index >= 15 is 0 Å². The Labute approximate surface area is 228 Å². The number of methoxy groups -OCH3 is 1. The van der Waals surface area contributed by atoms with Crippen LogP contribution in [0, 0.1) is 0 Å². The quantitative estimate of drug-likeness (QED) is 0.399. The molecule has 39 heavy (non-hydrogen) atoms. The third kappa shape index (κ3) is 6.50. The van der Waals surface area contributed by atoms with E-state index in [1.165, 1.54) is 51.5 Å². The van der Waals surface area contributed by atoms with Crippen molar-refractivity contribution < 1.29 is 31.1 Å². The first-order valence-electron chi connectivity index (χ1n) is 12.0. The molecule has 13 heteroatoms. The molecule has 0 aliphatic carbocycles. The maximum Gasteiger partial charge on any atom is 0.264 e. The van der Waals surface area contributed by atoms with E-state index in [2.05, 4.69) is 10.0 Å². The lowest BCUT2D eigenvalue weighted by atomic mass is 10.2. The van der Waals surface area contributed by atoms with Crippen molar-refractivity contribution in [1.29, 1.82) is 0 Å². The third-order valence-electron chi connectivity index (χ3n) is 6.10. The highest BCUT2D eigenvalue weighted by atomic mass is 32.2. The van der Waals surface area contributed by atoms with Crippen molar-refractivity contribution in [2.45, 2.75) is 9.79 Å². The Morgan fingerprint density at radius 2 is 1.51 bits per heavy atom. The number of carbonyl (C=O) groups is 1. The fraction of sp³-hybridized carbons (Fsp3) is 0.269. The minimum atomic E-state index is -4.06. The molecule has 0 radical (unpaired) electrons. The minimum absolute atomic E-state index is 0.00885. The maximum absolute atomic E-state index is 13.5. The highest BCUT2D eigenvalue weighted by Gasteiger charge is 2.25. The van der Waals surface area contributed by atoms with Crippen LogP contribution in [0.25, 0.3) is 0 Å². The standard InChI is InChI=1S/C26H30N4O7S2/c1-29(2)39(34,35)23-11-4-19(5-12-23)26(31)27-21-8-13-24(30-14-16-37-17-15-30)25(18-21)38(32,33)28-20-6-9-22(36-3)10-7-20/h4-13,18,28H,14-17H2,1-3H3,(H,27,31). The summed E-state index contributed by atoms with van der Waals surface area (Å²) >= 11 is 0. The lowest BCUT2D eigenvalue weighted by molar-refractivity contribution is 0.102. The highest BCUT2D eigenvalue weighted by molar-refractivity contribution is 7.93. The third-order valence-corrected chi connectivity index (χ3v) is 9.34. The molecule has 3 aromatic rings. The molecule has 2 N–H and O–H groups in total. The number of nitrogens with zero attached hydrogens (tertiary/aromatic N) is 2. The monoisotopic (exact) mass is 574 g/mol. The normalized spacial score (nSPS) is 14.2. The number of ether oxygens (including phenoxy) is 2. The average molecular weight is 575 g/mol. The second-order valence-electron chi connectivity index (χ2n) is 8.88. The van der Waals surface area contributed by atoms with Gasteiger partial charge in [0.15, 0.2) is 0 Å². The van der Waals surface area contributed by atoms with Crippen molar-refractivity contribution in [1.82, 2.24) is 4.31 Å². The van der Waals surface area contributed by atoms with E-state index in [-0.39, 0.29) is 21.0 Å². The number of hydrogen-bond donors (Lipinski definition) is 2. The first-order chi connectivity index (χ1) is 18.5. The van der Waals surface area contributed by atoms with Crippen LogP contribution >= 0.6 is 0 Å². The van der Waals surface area contributed by atoms with Gasteiger partial charge in [-0.15, -0.1) is 0 Å². The highest BCUT2D eigenvalue weighted by Crippen LogP contribution is 2.31. The molecule has 1 fully saturated rings. The van der Waals surface area contributed by atoms with Crippen LogP contribution in [-0.2, 0) is 24.8 Å². The number of sulfonamides is 2. The van der Waals surface area contributed by atoms with Crippen molar-refractivity contribution in [3.63, 3.8) is 0 Å². The van der Waals surface area contributed by atoms with Gasteiger partial charge in [-0.3, -0.25) is 9.52 Å². The van der Waals surface area contributed by atoms with E-state index in [0.29, 0.717) is 43.4 Å². The zero-order valence-corrected chi connectivity index (χ0v) is 23.4. The van der Waals surface area contributed by atoms with Crippen LogP contribution in [0.3, 0.4) is 0 Å². The largest absolute Gasteiger partial charge is 0.497 e. The second kappa shape index (κ2) is 11.6. The number of benzene rings is 3. The van der Waals surface area contributed by atoms with Gasteiger partial charge < -0.3 is 19.7 Å². The van der Waals surface area contributed by atoms with Gasteiger partial charge in [0.2, 0.25) is 10.0 Å². The van der Waals surface area contributed by atoms with Gasteiger partial charge in [0, 0.05) is 44.1 Å². The molecule has 0 atom stereocenters. The summed E-state index contributed by atoms with van der Waals surface area (Å²) in [6.45, 7) is 1.95. The zero-order chi connectivity index (χ0) is 28.2. The van der Waals surface area contributed by atoms with E-state index in [1.54, 1.807) is 36.4 Å². The molecule has 0 saturated carbocycles. The Morgan fingerprint density at radius 1 is 0.897 bits per heavy atom. The molecule has 1 heterocycles. The molecule has 4 rings (SSSR count). The van der Waals surface area contributed by atoms with Gasteiger partial charge in [-0.2, -0.15) is 0 Å². The lowest BCUT2D eigenvalue weighted by Gasteiger charge is -2.30. The van der Waals surface area contributed by atoms with Crippen LogP contribution in [0.4, 0.5) is 17.1 Å². The Bertz CT molecular complexity index is 1530. The Balaban J connectivity index is 1.63. The van der Waals surface area contributed by atoms with Crippen LogP contribution in [0.1, 0.15) is 10.4 Å². The summed E-state index contributed by atoms with van der Waals surface area (Å²) in [5.41, 5.74) is 1.31. The smallest absolute Gasteiger partial charge is 0.264 e. The van der Waals surface area contributed by atoms with Crippen molar-refractivity contribution in [2.24, 2.45) is 0 Å². The fourth-order valence-corrected chi connectivity index (χ4v) is 6.15. The van der Waals surface area contributed by atoms with Crippen LogP contribution in [-0.4, -0.2) is 74.6 Å². The molecule has 1 amide bonds. The van der Waals surface area contributed by atoms with Crippen molar-refractivity contribution in [3.05, 3.63) is 72.3 Å². The second-order valence-corrected chi connectivity index (χ2v) is 12.7. The van der Waals surface area contributed by atoms with E-state index in [9.17, 15) is 21.6 Å². The average Bonchev–Trinajstić information content (AvgIpc) is 2.93. The van der Waals surface area contributed by atoms with E-state index in [1.807, 2.05) is 4.90 Å². The number of hydrogen-bond acceptors (Lipinski definition) is 8. The molecule has 1 saturated heterocycles. The number of amides is 1. The molecular weight excluding hydrogens is 544 g/mol. The number of morpholine rings is 1. The molecule has 3 aromatic carbocycles. The molecule has 0 aromatic heterocycles. The number of carbonyl (C=O) groups excluding carboxylic acids is 1. The molecule has 208 valence electrons. The molecule has 0 bridgehead atoms. The zero-order valence-electron chi connectivity index (χ0n) is 21.7. The summed E-state index contributed by atoms with van der Waals surface area (Å²) in [5, 5.41) is 2.71. The summed E-state index contributed by atoms with van der Waals surface area (Å²) < 4.78 is 65.9. The van der Waals surface area contributed by atoms with Crippen molar-refractivity contribution in [3.8, 4) is 5.75 Å². The van der Waals surface area contributed by atoms with Gasteiger partial charge in [-0.05, 0) is 66.7 Å². The van der Waals surface area contributed by atoms with Crippen molar-refractivity contribution in [2.75, 3.05) is 62.4 Å². The van der Waals surface area contributed by atoms with Gasteiger partial charge in [0.05, 0.1) is 30.9 Å². The van der Waals surface area contributed by atoms with Gasteiger partial charge in [-0.1, -0.05) is 0 Å². The molecule has 1 aliphatic rings. The van der Waals surface area contributed by atoms with Gasteiger partial charge >= 0.3 is 0 Å². The van der Waals surface area contributed by atoms with E-state index < -0.39 is 26.0 Å². The first kappa shape index (κ1) is 28.4. The fourth-order valence-electron chi connectivity index (χ4n) is 3.93. The minimum Gasteiger partial charge on any atom is -0.497 e. The van der Waals surface area contributed by atoms with E-state index in [4.69, 9.17) is 9.47 Å². The van der Waals surface area contributed by atoms with Gasteiger partial charge in [-0.25, -0.2) is 21.1 Å². The van der Waals surface area contributed by atoms with Crippen LogP contribution in [0.5, 0.6) is 5.75 Å². The van der Waals surface area contributed by atoms with Gasteiger partial charge in [0.25, 0.3) is 15.9 Å². The summed E-state index contributed by atoms with van der Waals surface area (Å²) in [5.74, 6) is 0.0680. The SMILES string of the molecule is COc1ccc(NS(=O)(=O)c2cc(NC(=O)c3ccc(S(=O)(=O)N(C)C)cc3)ccc2N2CCOCC2)cc1. The molecule has 1 aliphatic heterocycles. The van der Waals surface area contributed by atoms with Crippen molar-refractivity contribution >= 4 is 43.0 Å². The molecular formula is C26H30N4O7S2. The molecule has 0 unspecified atom stereocenters. The predicted octanol–water partition coefficient (Wildman–Crippen LogP) is 2.84. The summed E-state index contributed by atoms with van der Waals surface area (Å²) in [7, 11) is -3.33. The maximum atomic E-state index is 13.5. The Morgan fingerprint density at radius 3 is 2.10 bits per heavy atom. The number of anilines is 3. The summed E-state index contributed by atoms with van der Waals surface area (Å²) in [4.78, 5) is 14.9. The molecule has 11 nitrogen and oxygen atoms in total. The topological polar surface area (TPSA) is 134 Å². The van der Waals surface area contributed by atoms with Crippen LogP contribution in [0.15, 0.2) is 76.5 Å². The Hall–Kier alpha value is -3.65. The molecule has 0 spiro atoms. The van der Waals surface area contributed by atoms with Crippen LogP contribution in [0.2, 0.25) is 0 Å².